The molecule has 0 radical (unpaired) electrons. The summed E-state index contributed by atoms with van der Waals surface area (Å²) in [5, 5.41) is 11.3. The third kappa shape index (κ3) is 3.91. The van der Waals surface area contributed by atoms with Crippen molar-refractivity contribution in [2.24, 2.45) is 5.92 Å². The molecule has 0 bridgehead atoms. The topological polar surface area (TPSA) is 23.5 Å². The standard InChI is InChI=1S/C20H29NO/c1-4-21(17(2)3)16-10-15-20(22,19-13-8-9-14-19)18-11-6-5-7-12-18/h5-7,11-12,17,19,22H,4,8-9,13-14,16H2,1-3H3/t20-/m1/s1. The molecule has 1 N–H and O–H groups in total. The third-order valence-corrected chi connectivity index (χ3v) is 4.86. The molecule has 120 valence electrons. The molecule has 1 aliphatic carbocycles. The van der Waals surface area contributed by atoms with E-state index in [4.69, 9.17) is 0 Å². The van der Waals surface area contributed by atoms with Crippen molar-refractivity contribution >= 4 is 0 Å². The van der Waals surface area contributed by atoms with E-state index in [2.05, 4.69) is 37.5 Å². The summed E-state index contributed by atoms with van der Waals surface area (Å²) in [6.07, 6.45) is 4.55. The van der Waals surface area contributed by atoms with Crippen LogP contribution in [-0.4, -0.2) is 29.1 Å². The molecule has 0 amide bonds. The Morgan fingerprint density at radius 1 is 1.23 bits per heavy atom. The van der Waals surface area contributed by atoms with Gasteiger partial charge in [-0.05, 0) is 38.8 Å². The van der Waals surface area contributed by atoms with Crippen molar-refractivity contribution in [3.63, 3.8) is 0 Å². The van der Waals surface area contributed by atoms with Gasteiger partial charge < -0.3 is 5.11 Å². The lowest BCUT2D eigenvalue weighted by molar-refractivity contribution is 0.0367. The van der Waals surface area contributed by atoms with Crippen LogP contribution < -0.4 is 0 Å². The molecule has 1 aromatic rings. The molecule has 1 aliphatic rings. The van der Waals surface area contributed by atoms with Crippen molar-refractivity contribution < 1.29 is 5.11 Å². The third-order valence-electron chi connectivity index (χ3n) is 4.86. The van der Waals surface area contributed by atoms with E-state index in [9.17, 15) is 5.11 Å². The maximum Gasteiger partial charge on any atom is 0.153 e. The summed E-state index contributed by atoms with van der Waals surface area (Å²) < 4.78 is 0. The van der Waals surface area contributed by atoms with Gasteiger partial charge in [-0.3, -0.25) is 4.90 Å². The smallest absolute Gasteiger partial charge is 0.153 e. The van der Waals surface area contributed by atoms with Crippen LogP contribution in [0.1, 0.15) is 52.0 Å². The van der Waals surface area contributed by atoms with Crippen LogP contribution in [0.3, 0.4) is 0 Å². The lowest BCUT2D eigenvalue weighted by Gasteiger charge is -2.30. The van der Waals surface area contributed by atoms with Gasteiger partial charge in [0.25, 0.3) is 0 Å². The quantitative estimate of drug-likeness (QED) is 0.836. The molecule has 1 atom stereocenters. The summed E-state index contributed by atoms with van der Waals surface area (Å²) in [6, 6.07) is 10.5. The first-order chi connectivity index (χ1) is 10.6. The van der Waals surface area contributed by atoms with E-state index in [1.165, 1.54) is 12.8 Å². The highest BCUT2D eigenvalue weighted by molar-refractivity contribution is 5.33. The van der Waals surface area contributed by atoms with E-state index < -0.39 is 5.60 Å². The van der Waals surface area contributed by atoms with Gasteiger partial charge in [-0.15, -0.1) is 0 Å². The zero-order chi connectivity index (χ0) is 16.0. The van der Waals surface area contributed by atoms with Gasteiger partial charge in [-0.2, -0.15) is 0 Å². The first-order valence-electron chi connectivity index (χ1n) is 8.60. The van der Waals surface area contributed by atoms with Crippen LogP contribution in [0.2, 0.25) is 0 Å². The minimum absolute atomic E-state index is 0.261. The van der Waals surface area contributed by atoms with Crippen molar-refractivity contribution in [2.75, 3.05) is 13.1 Å². The van der Waals surface area contributed by atoms with Crippen molar-refractivity contribution in [3.05, 3.63) is 35.9 Å². The molecule has 1 aromatic carbocycles. The SMILES string of the molecule is CCN(CC#C[C@@](O)(c1ccccc1)C1CCCC1)C(C)C. The molecule has 0 aliphatic heterocycles. The second-order valence-corrected chi connectivity index (χ2v) is 6.57. The summed E-state index contributed by atoms with van der Waals surface area (Å²) in [5.41, 5.74) is -0.0456. The molecule has 0 saturated heterocycles. The lowest BCUT2D eigenvalue weighted by Crippen LogP contribution is -2.34. The van der Waals surface area contributed by atoms with Gasteiger partial charge in [0.1, 0.15) is 0 Å². The van der Waals surface area contributed by atoms with E-state index in [0.29, 0.717) is 6.04 Å². The number of rotatable bonds is 5. The Kier molecular flexibility index (Phi) is 6.06. The van der Waals surface area contributed by atoms with Crippen molar-refractivity contribution in [1.29, 1.82) is 0 Å². The highest BCUT2D eigenvalue weighted by atomic mass is 16.3. The molecule has 1 fully saturated rings. The fourth-order valence-electron chi connectivity index (χ4n) is 3.38. The summed E-state index contributed by atoms with van der Waals surface area (Å²) in [7, 11) is 0. The summed E-state index contributed by atoms with van der Waals surface area (Å²) in [4.78, 5) is 2.31. The lowest BCUT2D eigenvalue weighted by atomic mass is 9.80. The molecular weight excluding hydrogens is 270 g/mol. The Bertz CT molecular complexity index is 508. The monoisotopic (exact) mass is 299 g/mol. The van der Waals surface area contributed by atoms with Crippen LogP contribution in [-0.2, 0) is 5.60 Å². The van der Waals surface area contributed by atoms with E-state index in [-0.39, 0.29) is 5.92 Å². The first-order valence-corrected chi connectivity index (χ1v) is 8.60. The van der Waals surface area contributed by atoms with Gasteiger partial charge in [-0.1, -0.05) is 61.9 Å². The number of benzene rings is 1. The molecule has 2 nitrogen and oxygen atoms in total. The fraction of sp³-hybridized carbons (Fsp3) is 0.600. The largest absolute Gasteiger partial charge is 0.373 e. The van der Waals surface area contributed by atoms with Crippen LogP contribution in [0.4, 0.5) is 0 Å². The van der Waals surface area contributed by atoms with Crippen molar-refractivity contribution in [1.82, 2.24) is 4.90 Å². The minimum atomic E-state index is -0.992. The number of nitrogens with zero attached hydrogens (tertiary/aromatic N) is 1. The summed E-state index contributed by atoms with van der Waals surface area (Å²) in [5.74, 6) is 6.76. The predicted molar refractivity (Wildman–Crippen MR) is 92.5 cm³/mol. The molecule has 22 heavy (non-hydrogen) atoms. The van der Waals surface area contributed by atoms with Crippen LogP contribution in [0.15, 0.2) is 30.3 Å². The van der Waals surface area contributed by atoms with Gasteiger partial charge in [0.05, 0.1) is 6.54 Å². The average molecular weight is 299 g/mol. The zero-order valence-corrected chi connectivity index (χ0v) is 14.2. The fourth-order valence-corrected chi connectivity index (χ4v) is 3.38. The zero-order valence-electron chi connectivity index (χ0n) is 14.2. The van der Waals surface area contributed by atoms with Crippen molar-refractivity contribution in [2.45, 2.75) is 58.1 Å². The van der Waals surface area contributed by atoms with E-state index in [1.54, 1.807) is 0 Å². The first kappa shape index (κ1) is 17.1. The predicted octanol–water partition coefficient (Wildman–Crippen LogP) is 3.80. The Labute approximate surface area is 135 Å². The summed E-state index contributed by atoms with van der Waals surface area (Å²) in [6.45, 7) is 8.23. The van der Waals surface area contributed by atoms with Crippen LogP contribution in [0.25, 0.3) is 0 Å². The Morgan fingerprint density at radius 3 is 2.41 bits per heavy atom. The molecular formula is C20H29NO. The van der Waals surface area contributed by atoms with Crippen LogP contribution >= 0.6 is 0 Å². The molecule has 0 heterocycles. The second-order valence-electron chi connectivity index (χ2n) is 6.57. The van der Waals surface area contributed by atoms with Gasteiger partial charge in [0.15, 0.2) is 5.60 Å². The maximum atomic E-state index is 11.3. The molecule has 1 saturated carbocycles. The molecule has 0 unspecified atom stereocenters. The van der Waals surface area contributed by atoms with Gasteiger partial charge in [0.2, 0.25) is 0 Å². The maximum absolute atomic E-state index is 11.3. The van der Waals surface area contributed by atoms with E-state index in [1.807, 2.05) is 30.3 Å². The van der Waals surface area contributed by atoms with Gasteiger partial charge in [0, 0.05) is 12.0 Å². The Morgan fingerprint density at radius 2 is 1.86 bits per heavy atom. The molecule has 2 rings (SSSR count). The van der Waals surface area contributed by atoms with E-state index >= 15 is 0 Å². The second kappa shape index (κ2) is 7.81. The normalized spacial score (nSPS) is 18.3. The molecule has 0 aromatic heterocycles. The molecule has 0 spiro atoms. The highest BCUT2D eigenvalue weighted by Crippen LogP contribution is 2.40. The molecule has 2 heteroatoms. The Balaban J connectivity index is 2.23. The highest BCUT2D eigenvalue weighted by Gasteiger charge is 2.38. The van der Waals surface area contributed by atoms with Crippen LogP contribution in [0, 0.1) is 17.8 Å². The minimum Gasteiger partial charge on any atom is -0.373 e. The summed E-state index contributed by atoms with van der Waals surface area (Å²) >= 11 is 0. The number of hydrogen-bond donors (Lipinski definition) is 1. The number of hydrogen-bond acceptors (Lipinski definition) is 2. The van der Waals surface area contributed by atoms with E-state index in [0.717, 1.165) is 31.5 Å². The Hall–Kier alpha value is -1.30. The van der Waals surface area contributed by atoms with Crippen LogP contribution in [0.5, 0.6) is 0 Å². The number of aliphatic hydroxyl groups is 1. The van der Waals surface area contributed by atoms with Gasteiger partial charge >= 0.3 is 0 Å². The van der Waals surface area contributed by atoms with Gasteiger partial charge in [-0.25, -0.2) is 0 Å². The average Bonchev–Trinajstić information content (AvgIpc) is 3.07. The van der Waals surface area contributed by atoms with Crippen molar-refractivity contribution in [3.8, 4) is 11.8 Å².